The van der Waals surface area contributed by atoms with Gasteiger partial charge < -0.3 is 0 Å². The van der Waals surface area contributed by atoms with E-state index in [9.17, 15) is 0 Å². The van der Waals surface area contributed by atoms with Crippen molar-refractivity contribution in [2.24, 2.45) is 0 Å². The summed E-state index contributed by atoms with van der Waals surface area (Å²) in [7, 11) is 0. The summed E-state index contributed by atoms with van der Waals surface area (Å²) in [6, 6.07) is 72.1. The SMILES string of the molecule is CC.CCC.CS.O=C(c1nc(-c2ccccc2-c2ccccc2)nc(-c2ccccc2-c2ccccc2)n1)c1nc(-c2ccccc2-c2ccccc2)nc(-c2ccccc2-c2ccccc2)n1. The molecule has 69 heavy (non-hydrogen) atoms. The van der Waals surface area contributed by atoms with Crippen molar-refractivity contribution >= 4 is 18.4 Å². The molecule has 0 bridgehead atoms. The monoisotopic (exact) mass is 918 g/mol. The summed E-state index contributed by atoms with van der Waals surface area (Å²) in [5, 5.41) is 0. The third-order valence-electron chi connectivity index (χ3n) is 10.7. The molecule has 0 amide bonds. The molecular formula is C61H54N6OS. The summed E-state index contributed by atoms with van der Waals surface area (Å²) in [6.07, 6.45) is 2.94. The number of nitrogens with zero attached hydrogens (tertiary/aromatic N) is 6. The molecule has 340 valence electrons. The average Bonchev–Trinajstić information content (AvgIpc) is 3.45. The van der Waals surface area contributed by atoms with Crippen LogP contribution in [0.15, 0.2) is 218 Å². The maximum absolute atomic E-state index is 15.3. The molecule has 10 aromatic rings. The molecular weight excluding hydrogens is 865 g/mol. The maximum atomic E-state index is 15.3. The fourth-order valence-electron chi connectivity index (χ4n) is 7.73. The van der Waals surface area contributed by atoms with Gasteiger partial charge in [0.25, 0.3) is 5.78 Å². The molecule has 0 unspecified atom stereocenters. The Hall–Kier alpha value is -8.20. The molecule has 0 saturated heterocycles. The van der Waals surface area contributed by atoms with E-state index in [2.05, 4.69) is 26.5 Å². The van der Waals surface area contributed by atoms with Crippen molar-refractivity contribution in [1.82, 2.24) is 29.9 Å². The lowest BCUT2D eigenvalue weighted by Crippen LogP contribution is -2.16. The third-order valence-corrected chi connectivity index (χ3v) is 10.7. The third kappa shape index (κ3) is 11.5. The zero-order chi connectivity index (χ0) is 48.4. The Morgan fingerprint density at radius 3 is 0.681 bits per heavy atom. The van der Waals surface area contributed by atoms with E-state index >= 15 is 4.79 Å². The van der Waals surface area contributed by atoms with Gasteiger partial charge in [-0.25, -0.2) is 29.9 Å². The summed E-state index contributed by atoms with van der Waals surface area (Å²) >= 11 is 3.53. The van der Waals surface area contributed by atoms with Crippen LogP contribution in [0.5, 0.6) is 0 Å². The fourth-order valence-corrected chi connectivity index (χ4v) is 7.73. The molecule has 0 aliphatic rings. The minimum Gasteiger partial charge on any atom is -0.281 e. The van der Waals surface area contributed by atoms with Gasteiger partial charge in [0.2, 0.25) is 11.6 Å². The Kier molecular flexibility index (Phi) is 17.3. The van der Waals surface area contributed by atoms with Crippen molar-refractivity contribution in [2.45, 2.75) is 34.1 Å². The lowest BCUT2D eigenvalue weighted by atomic mass is 9.98. The van der Waals surface area contributed by atoms with Gasteiger partial charge in [0.05, 0.1) is 0 Å². The van der Waals surface area contributed by atoms with Crippen LogP contribution in [0.25, 0.3) is 90.1 Å². The van der Waals surface area contributed by atoms with E-state index in [0.717, 1.165) is 66.8 Å². The first-order chi connectivity index (χ1) is 34.1. The molecule has 0 spiro atoms. The van der Waals surface area contributed by atoms with E-state index in [4.69, 9.17) is 29.9 Å². The molecule has 0 N–H and O–H groups in total. The summed E-state index contributed by atoms with van der Waals surface area (Å²) in [4.78, 5) is 45.4. The van der Waals surface area contributed by atoms with Crippen LogP contribution in [0.1, 0.15) is 50.6 Å². The first-order valence-corrected chi connectivity index (χ1v) is 24.1. The Labute approximate surface area is 411 Å². The molecule has 0 radical (unpaired) electrons. The van der Waals surface area contributed by atoms with Crippen molar-refractivity contribution in [1.29, 1.82) is 0 Å². The number of rotatable bonds is 10. The number of hydrogen-bond donors (Lipinski definition) is 1. The lowest BCUT2D eigenvalue weighted by molar-refractivity contribution is 0.101. The minimum absolute atomic E-state index is 0.0912. The van der Waals surface area contributed by atoms with Gasteiger partial charge in [-0.1, -0.05) is 253 Å². The second-order valence-corrected chi connectivity index (χ2v) is 15.3. The van der Waals surface area contributed by atoms with E-state index < -0.39 is 5.78 Å². The van der Waals surface area contributed by atoms with Crippen LogP contribution in [0.4, 0.5) is 0 Å². The quantitative estimate of drug-likeness (QED) is 0.108. The number of hydrogen-bond acceptors (Lipinski definition) is 8. The molecule has 2 aromatic heterocycles. The van der Waals surface area contributed by atoms with Crippen molar-refractivity contribution in [3.63, 3.8) is 0 Å². The van der Waals surface area contributed by atoms with Crippen LogP contribution >= 0.6 is 12.6 Å². The number of ketones is 1. The van der Waals surface area contributed by atoms with Crippen molar-refractivity contribution in [3.8, 4) is 90.1 Å². The van der Waals surface area contributed by atoms with Crippen molar-refractivity contribution in [2.75, 3.05) is 6.26 Å². The van der Waals surface area contributed by atoms with Crippen LogP contribution in [-0.4, -0.2) is 41.9 Å². The zero-order valence-corrected chi connectivity index (χ0v) is 40.4. The number of thiol groups is 1. The predicted octanol–water partition coefficient (Wildman–Crippen LogP) is 15.6. The van der Waals surface area contributed by atoms with Gasteiger partial charge in [-0.15, -0.1) is 0 Å². The smallest absolute Gasteiger partial charge is 0.267 e. The number of aromatic nitrogens is 6. The molecule has 0 saturated carbocycles. The molecule has 0 aliphatic carbocycles. The highest BCUT2D eigenvalue weighted by Crippen LogP contribution is 2.36. The van der Waals surface area contributed by atoms with Gasteiger partial charge in [0.15, 0.2) is 23.3 Å². The second-order valence-electron chi connectivity index (χ2n) is 15.3. The Balaban J connectivity index is 0.000000957. The maximum Gasteiger partial charge on any atom is 0.267 e. The van der Waals surface area contributed by atoms with E-state index in [1.807, 2.05) is 232 Å². The summed E-state index contributed by atoms with van der Waals surface area (Å²) < 4.78 is 0. The van der Waals surface area contributed by atoms with Crippen LogP contribution in [0.3, 0.4) is 0 Å². The fraction of sp³-hybridized carbons (Fsp3) is 0.0984. The molecule has 7 nitrogen and oxygen atoms in total. The topological polar surface area (TPSA) is 94.4 Å². The van der Waals surface area contributed by atoms with Crippen LogP contribution in [-0.2, 0) is 0 Å². The number of benzene rings is 8. The van der Waals surface area contributed by atoms with E-state index in [0.29, 0.717) is 23.3 Å². The van der Waals surface area contributed by atoms with Crippen molar-refractivity contribution < 1.29 is 4.79 Å². The van der Waals surface area contributed by atoms with E-state index in [1.165, 1.54) is 6.42 Å². The largest absolute Gasteiger partial charge is 0.281 e. The summed E-state index contributed by atoms with van der Waals surface area (Å²) in [6.45, 7) is 8.25. The number of carbonyl (C=O) groups excluding carboxylic acids is 1. The Morgan fingerprint density at radius 2 is 0.478 bits per heavy atom. The summed E-state index contributed by atoms with van der Waals surface area (Å²) in [5.74, 6) is 0.637. The average molecular weight is 919 g/mol. The number of carbonyl (C=O) groups is 1. The molecule has 8 heteroatoms. The highest BCUT2D eigenvalue weighted by Gasteiger charge is 2.26. The highest BCUT2D eigenvalue weighted by molar-refractivity contribution is 7.79. The predicted molar refractivity (Wildman–Crippen MR) is 289 cm³/mol. The normalized spacial score (nSPS) is 10.3. The van der Waals surface area contributed by atoms with Gasteiger partial charge in [-0.05, 0) is 50.8 Å². The molecule has 2 heterocycles. The van der Waals surface area contributed by atoms with E-state index in [1.54, 1.807) is 6.26 Å². The molecule has 10 rings (SSSR count). The lowest BCUT2D eigenvalue weighted by Gasteiger charge is -2.14. The van der Waals surface area contributed by atoms with Crippen LogP contribution in [0.2, 0.25) is 0 Å². The minimum atomic E-state index is -0.566. The van der Waals surface area contributed by atoms with Gasteiger partial charge in [-0.3, -0.25) is 4.79 Å². The van der Waals surface area contributed by atoms with Gasteiger partial charge in [0, 0.05) is 22.3 Å². The molecule has 0 aliphatic heterocycles. The van der Waals surface area contributed by atoms with E-state index in [-0.39, 0.29) is 11.6 Å². The zero-order valence-electron chi connectivity index (χ0n) is 39.5. The molecule has 0 atom stereocenters. The van der Waals surface area contributed by atoms with Gasteiger partial charge >= 0.3 is 0 Å². The van der Waals surface area contributed by atoms with Crippen LogP contribution < -0.4 is 0 Å². The molecule has 0 fully saturated rings. The van der Waals surface area contributed by atoms with Gasteiger partial charge in [-0.2, -0.15) is 12.6 Å². The molecule has 8 aromatic carbocycles. The first-order valence-electron chi connectivity index (χ1n) is 23.2. The highest BCUT2D eigenvalue weighted by atomic mass is 32.1. The summed E-state index contributed by atoms with van der Waals surface area (Å²) in [5.41, 5.74) is 10.6. The first kappa shape index (κ1) is 48.7. The standard InChI is InChI=1S/C55H36N6O.C3H8.C2H6.CH4S/c62-49(54-58-50(45-33-17-13-29-41(45)37-21-5-1-6-22-37)56-51(59-54)46-34-18-14-30-42(46)38-23-7-2-8-24-38)55-60-52(47-35-19-15-31-43(47)39-25-9-3-10-26-39)57-53(61-55)48-36-20-16-32-44(48)40-27-11-4-12-28-40;1-3-2;2*1-2/h1-36H;3H2,1-2H3;1-2H3;2H,1H3. The van der Waals surface area contributed by atoms with Crippen molar-refractivity contribution in [3.05, 3.63) is 230 Å². The Morgan fingerprint density at radius 1 is 0.304 bits per heavy atom. The Bertz CT molecular complexity index is 2800. The van der Waals surface area contributed by atoms with Crippen LogP contribution in [0, 0.1) is 0 Å². The second kappa shape index (κ2) is 24.5. The van der Waals surface area contributed by atoms with Gasteiger partial charge in [0.1, 0.15) is 0 Å².